The van der Waals surface area contributed by atoms with E-state index in [9.17, 15) is 0 Å². The molecule has 1 aromatic rings. The van der Waals surface area contributed by atoms with Gasteiger partial charge in [-0.25, -0.2) is 0 Å². The first kappa shape index (κ1) is 14.1. The monoisotopic (exact) mass is 291 g/mol. The Morgan fingerprint density at radius 3 is 2.81 bits per heavy atom. The average molecular weight is 291 g/mol. The van der Waals surface area contributed by atoms with E-state index in [1.54, 1.807) is 0 Å². The molecule has 1 saturated heterocycles. The summed E-state index contributed by atoms with van der Waals surface area (Å²) in [6.07, 6.45) is 1.97. The van der Waals surface area contributed by atoms with Crippen LogP contribution in [0.25, 0.3) is 0 Å². The van der Waals surface area contributed by atoms with Gasteiger partial charge in [0.2, 0.25) is 0 Å². The molecule has 1 fully saturated rings. The van der Waals surface area contributed by atoms with Gasteiger partial charge in [-0.3, -0.25) is 0 Å². The first-order valence-electron chi connectivity index (χ1n) is 5.66. The summed E-state index contributed by atoms with van der Waals surface area (Å²) >= 11 is 0. The van der Waals surface area contributed by atoms with E-state index in [1.165, 1.54) is 11.3 Å². The molecule has 0 bridgehead atoms. The fourth-order valence-corrected chi connectivity index (χ4v) is 2.04. The smallest absolute Gasteiger partial charge is 0.0186 e. The van der Waals surface area contributed by atoms with Gasteiger partial charge >= 0.3 is 0 Å². The van der Waals surface area contributed by atoms with Crippen LogP contribution >= 0.6 is 0 Å². The van der Waals surface area contributed by atoms with E-state index in [-0.39, 0.29) is 32.7 Å². The Hall–Kier alpha value is 0.0839. The average Bonchev–Trinajstić information content (AvgIpc) is 2.31. The van der Waals surface area contributed by atoms with Gasteiger partial charge in [0, 0.05) is 58.9 Å². The molecule has 85 valence electrons. The van der Waals surface area contributed by atoms with Gasteiger partial charge in [0.15, 0.2) is 0 Å². The van der Waals surface area contributed by atoms with E-state index in [4.69, 9.17) is 0 Å². The molecule has 0 spiro atoms. The van der Waals surface area contributed by atoms with Gasteiger partial charge in [-0.15, -0.1) is 11.6 Å². The summed E-state index contributed by atoms with van der Waals surface area (Å²) in [5.74, 6) is 0. The molecule has 0 aliphatic carbocycles. The molecule has 0 atom stereocenters. The third kappa shape index (κ3) is 3.54. The minimum absolute atomic E-state index is 0. The first-order valence-corrected chi connectivity index (χ1v) is 5.66. The number of rotatable bonds is 3. The van der Waals surface area contributed by atoms with Crippen LogP contribution in [0.2, 0.25) is 0 Å². The summed E-state index contributed by atoms with van der Waals surface area (Å²) in [5.41, 5.74) is 2.66. The van der Waals surface area contributed by atoms with Crippen LogP contribution in [0, 0.1) is 13.0 Å². The summed E-state index contributed by atoms with van der Waals surface area (Å²) in [5, 5.41) is 3.37. The van der Waals surface area contributed by atoms with Crippen LogP contribution in [-0.2, 0) is 39.1 Å². The fraction of sp³-hybridized carbons (Fsp3) is 0.462. The van der Waals surface area contributed by atoms with Gasteiger partial charge in [-0.2, -0.15) is 24.6 Å². The number of anilines is 1. The molecule has 1 aromatic carbocycles. The van der Waals surface area contributed by atoms with Crippen molar-refractivity contribution in [2.24, 2.45) is 0 Å². The Balaban J connectivity index is 0.00000128. The molecule has 1 N–H and O–H groups in total. The van der Waals surface area contributed by atoms with Crippen LogP contribution in [0.5, 0.6) is 0 Å². The maximum absolute atomic E-state index is 3.92. The minimum Gasteiger partial charge on any atom is -0.421 e. The van der Waals surface area contributed by atoms with Crippen molar-refractivity contribution in [2.45, 2.75) is 12.8 Å². The number of nitrogens with one attached hydrogen (secondary N) is 1. The normalized spacial score (nSPS) is 15.7. The molecule has 16 heavy (non-hydrogen) atoms. The Bertz CT molecular complexity index is 309. The summed E-state index contributed by atoms with van der Waals surface area (Å²) in [6, 6.07) is 9.60. The largest absolute Gasteiger partial charge is 0.421 e. The predicted octanol–water partition coefficient (Wildman–Crippen LogP) is 1.66. The van der Waals surface area contributed by atoms with Gasteiger partial charge in [0.1, 0.15) is 0 Å². The summed E-state index contributed by atoms with van der Waals surface area (Å²) in [7, 11) is 0. The van der Waals surface area contributed by atoms with E-state index in [2.05, 4.69) is 35.3 Å². The summed E-state index contributed by atoms with van der Waals surface area (Å²) in [6.45, 7) is 8.28. The third-order valence-electron chi connectivity index (χ3n) is 2.80. The number of hydrogen-bond donors (Lipinski definition) is 1. The predicted molar refractivity (Wildman–Crippen MR) is 64.0 cm³/mol. The van der Waals surface area contributed by atoms with E-state index < -0.39 is 0 Å². The first-order chi connectivity index (χ1) is 7.42. The van der Waals surface area contributed by atoms with Crippen LogP contribution in [0.1, 0.15) is 12.0 Å². The number of benzene rings is 1. The zero-order chi connectivity index (χ0) is 10.5. The van der Waals surface area contributed by atoms with Crippen molar-refractivity contribution in [3.05, 3.63) is 36.8 Å². The fourth-order valence-electron chi connectivity index (χ4n) is 2.04. The van der Waals surface area contributed by atoms with Crippen molar-refractivity contribution in [3.8, 4) is 0 Å². The van der Waals surface area contributed by atoms with Crippen molar-refractivity contribution in [2.75, 3.05) is 31.1 Å². The van der Waals surface area contributed by atoms with Crippen molar-refractivity contribution in [1.29, 1.82) is 0 Å². The molecule has 1 radical (unpaired) electrons. The molecule has 0 unspecified atom stereocenters. The second-order valence-corrected chi connectivity index (χ2v) is 3.87. The van der Waals surface area contributed by atoms with Crippen LogP contribution < -0.4 is 10.2 Å². The molecule has 0 saturated carbocycles. The molecular formula is C13H18N2Y-2. The van der Waals surface area contributed by atoms with E-state index in [0.717, 1.165) is 39.0 Å². The molecule has 2 nitrogen and oxygen atoms in total. The molecule has 2 rings (SSSR count). The van der Waals surface area contributed by atoms with E-state index in [0.29, 0.717) is 0 Å². The zero-order valence-corrected chi connectivity index (χ0v) is 12.5. The molecule has 0 aromatic heterocycles. The Morgan fingerprint density at radius 1 is 1.38 bits per heavy atom. The van der Waals surface area contributed by atoms with Crippen LogP contribution in [0.15, 0.2) is 18.2 Å². The Morgan fingerprint density at radius 2 is 2.12 bits per heavy atom. The summed E-state index contributed by atoms with van der Waals surface area (Å²) < 4.78 is 0. The molecule has 1 aliphatic rings. The number of hydrogen-bond acceptors (Lipinski definition) is 2. The van der Waals surface area contributed by atoms with Crippen LogP contribution in [0.4, 0.5) is 5.69 Å². The third-order valence-corrected chi connectivity index (χ3v) is 2.80. The SMILES string of the molecule is [CH2-]CCc1[c-]cccc1N1CCNCC1.[Y]. The van der Waals surface area contributed by atoms with E-state index in [1.807, 2.05) is 6.07 Å². The second kappa shape index (κ2) is 7.42. The quantitative estimate of drug-likeness (QED) is 0.852. The van der Waals surface area contributed by atoms with Gasteiger partial charge in [-0.05, 0) is 0 Å². The summed E-state index contributed by atoms with van der Waals surface area (Å²) in [4.78, 5) is 2.44. The maximum atomic E-state index is 3.92. The van der Waals surface area contributed by atoms with E-state index >= 15 is 0 Å². The topological polar surface area (TPSA) is 15.3 Å². The molecule has 1 aliphatic heterocycles. The van der Waals surface area contributed by atoms with Gasteiger partial charge in [0.25, 0.3) is 0 Å². The van der Waals surface area contributed by atoms with Crippen LogP contribution in [0.3, 0.4) is 0 Å². The number of piperazine rings is 1. The zero-order valence-electron chi connectivity index (χ0n) is 9.71. The molecular weight excluding hydrogens is 273 g/mol. The number of aryl methyl sites for hydroxylation is 1. The van der Waals surface area contributed by atoms with Gasteiger partial charge < -0.3 is 17.1 Å². The van der Waals surface area contributed by atoms with Crippen LogP contribution in [-0.4, -0.2) is 26.2 Å². The minimum atomic E-state index is 0. The Labute approximate surface area is 124 Å². The van der Waals surface area contributed by atoms with Crippen molar-refractivity contribution in [1.82, 2.24) is 5.32 Å². The second-order valence-electron chi connectivity index (χ2n) is 3.87. The van der Waals surface area contributed by atoms with Crippen molar-refractivity contribution in [3.63, 3.8) is 0 Å². The standard InChI is InChI=1S/C13H18N2.Y/c1-2-5-12-6-3-4-7-13(12)15-10-8-14-9-11-15;/h3-4,7,14H,1-2,5,8-11H2;/q-2;. The van der Waals surface area contributed by atoms with Gasteiger partial charge in [-0.1, -0.05) is 12.1 Å². The van der Waals surface area contributed by atoms with Crippen molar-refractivity contribution >= 4 is 5.69 Å². The maximum Gasteiger partial charge on any atom is 0.0186 e. The Kier molecular flexibility index (Phi) is 6.56. The number of nitrogens with zero attached hydrogens (tertiary/aromatic N) is 1. The van der Waals surface area contributed by atoms with Gasteiger partial charge in [0.05, 0.1) is 0 Å². The molecule has 3 heteroatoms. The van der Waals surface area contributed by atoms with Crippen molar-refractivity contribution < 1.29 is 32.7 Å². The molecule has 0 amide bonds. The molecule has 1 heterocycles.